The van der Waals surface area contributed by atoms with Gasteiger partial charge in [0.15, 0.2) is 0 Å². The number of benzene rings is 1. The van der Waals surface area contributed by atoms with Crippen LogP contribution in [0, 0.1) is 6.92 Å². The number of nitrogens with one attached hydrogen (secondary N) is 1. The van der Waals surface area contributed by atoms with Crippen molar-refractivity contribution in [2.75, 3.05) is 18.4 Å². The second-order valence-electron chi connectivity index (χ2n) is 6.96. The van der Waals surface area contributed by atoms with Crippen LogP contribution in [0.5, 0.6) is 0 Å². The van der Waals surface area contributed by atoms with E-state index < -0.39 is 6.10 Å². The average Bonchev–Trinajstić information content (AvgIpc) is 3.18. The van der Waals surface area contributed by atoms with Gasteiger partial charge in [-0.1, -0.05) is 0 Å². The van der Waals surface area contributed by atoms with Crippen molar-refractivity contribution in [1.29, 1.82) is 0 Å². The average molecular weight is 375 g/mol. The van der Waals surface area contributed by atoms with Gasteiger partial charge in [0, 0.05) is 35.8 Å². The molecule has 2 N–H and O–H groups in total. The Balaban J connectivity index is 1.58. The third-order valence-electron chi connectivity index (χ3n) is 4.52. The van der Waals surface area contributed by atoms with Crippen molar-refractivity contribution in [3.8, 4) is 0 Å². The molecule has 2 heterocycles. The minimum absolute atomic E-state index is 0.0297. The highest BCUT2D eigenvalue weighted by molar-refractivity contribution is 7.10. The number of aliphatic hydroxyl groups is 1. The van der Waals surface area contributed by atoms with Gasteiger partial charge in [0.25, 0.3) is 5.91 Å². The molecule has 0 aliphatic carbocycles. The van der Waals surface area contributed by atoms with E-state index in [2.05, 4.69) is 23.7 Å². The van der Waals surface area contributed by atoms with E-state index in [1.807, 2.05) is 38.1 Å². The zero-order chi connectivity index (χ0) is 18.7. The maximum Gasteiger partial charge on any atom is 0.254 e. The van der Waals surface area contributed by atoms with Crippen molar-refractivity contribution in [2.45, 2.75) is 45.6 Å². The first-order valence-corrected chi connectivity index (χ1v) is 9.81. The Labute approximate surface area is 158 Å². The van der Waals surface area contributed by atoms with Crippen LogP contribution in [0.3, 0.4) is 0 Å². The second kappa shape index (κ2) is 8.20. The highest BCUT2D eigenvalue weighted by Gasteiger charge is 2.35. The Hall–Kier alpha value is -1.89. The summed E-state index contributed by atoms with van der Waals surface area (Å²) in [4.78, 5) is 15.6. The number of carbonyl (C=O) groups is 1. The highest BCUT2D eigenvalue weighted by atomic mass is 32.1. The SMILES string of the molecule is Cc1ccsc1CNc1ccc(C(=O)N2C[C@@H](O)[C@H](OC(C)C)C2)cc1. The Kier molecular flexibility index (Phi) is 5.96. The number of β-amino-alcohol motifs (C(OH)–C–C–N with tert-alkyl or cyclic N) is 1. The first kappa shape index (κ1) is 18.9. The van der Waals surface area contributed by atoms with Crippen LogP contribution < -0.4 is 5.32 Å². The Bertz CT molecular complexity index is 742. The zero-order valence-electron chi connectivity index (χ0n) is 15.4. The van der Waals surface area contributed by atoms with E-state index in [9.17, 15) is 9.90 Å². The number of carbonyl (C=O) groups excluding carboxylic acids is 1. The lowest BCUT2D eigenvalue weighted by Crippen LogP contribution is -2.31. The van der Waals surface area contributed by atoms with Gasteiger partial charge in [-0.2, -0.15) is 0 Å². The standard InChI is InChI=1S/C20H26N2O3S/c1-13(2)25-18-12-22(11-17(18)23)20(24)15-4-6-16(7-5-15)21-10-19-14(3)8-9-26-19/h4-9,13,17-18,21,23H,10-12H2,1-3H3/t17-,18-/m1/s1. The molecule has 1 aromatic carbocycles. The van der Waals surface area contributed by atoms with E-state index in [1.165, 1.54) is 10.4 Å². The van der Waals surface area contributed by atoms with Crippen LogP contribution in [0.2, 0.25) is 0 Å². The van der Waals surface area contributed by atoms with E-state index >= 15 is 0 Å². The molecule has 3 rings (SSSR count). The summed E-state index contributed by atoms with van der Waals surface area (Å²) in [6, 6.07) is 9.61. The smallest absolute Gasteiger partial charge is 0.254 e. The molecule has 0 bridgehead atoms. The number of nitrogens with zero attached hydrogens (tertiary/aromatic N) is 1. The molecule has 0 radical (unpaired) electrons. The summed E-state index contributed by atoms with van der Waals surface area (Å²) < 4.78 is 5.68. The summed E-state index contributed by atoms with van der Waals surface area (Å²) >= 11 is 1.74. The molecule has 26 heavy (non-hydrogen) atoms. The van der Waals surface area contributed by atoms with E-state index in [4.69, 9.17) is 4.74 Å². The highest BCUT2D eigenvalue weighted by Crippen LogP contribution is 2.21. The third-order valence-corrected chi connectivity index (χ3v) is 5.55. The van der Waals surface area contributed by atoms with Crippen LogP contribution in [0.15, 0.2) is 35.7 Å². The van der Waals surface area contributed by atoms with Crippen LogP contribution in [-0.4, -0.2) is 47.3 Å². The second-order valence-corrected chi connectivity index (χ2v) is 7.96. The number of hydrogen-bond acceptors (Lipinski definition) is 5. The van der Waals surface area contributed by atoms with Gasteiger partial charge in [-0.3, -0.25) is 4.79 Å². The van der Waals surface area contributed by atoms with Gasteiger partial charge in [0.1, 0.15) is 6.10 Å². The van der Waals surface area contributed by atoms with Crippen LogP contribution in [0.25, 0.3) is 0 Å². The predicted molar refractivity (Wildman–Crippen MR) is 105 cm³/mol. The topological polar surface area (TPSA) is 61.8 Å². The number of anilines is 1. The summed E-state index contributed by atoms with van der Waals surface area (Å²) in [5.74, 6) is -0.0699. The molecule has 1 amide bonds. The summed E-state index contributed by atoms with van der Waals surface area (Å²) in [5.41, 5.74) is 2.90. The normalized spacial score (nSPS) is 20.0. The third kappa shape index (κ3) is 4.44. The minimum atomic E-state index is -0.628. The van der Waals surface area contributed by atoms with Gasteiger partial charge in [0.05, 0.1) is 12.2 Å². The van der Waals surface area contributed by atoms with E-state index in [0.29, 0.717) is 18.7 Å². The fourth-order valence-corrected chi connectivity index (χ4v) is 3.93. The van der Waals surface area contributed by atoms with Crippen molar-refractivity contribution in [1.82, 2.24) is 4.90 Å². The van der Waals surface area contributed by atoms with Gasteiger partial charge >= 0.3 is 0 Å². The summed E-state index contributed by atoms with van der Waals surface area (Å²) in [5, 5.41) is 15.6. The molecule has 1 fully saturated rings. The molecule has 5 nitrogen and oxygen atoms in total. The molecule has 1 aliphatic heterocycles. The van der Waals surface area contributed by atoms with Crippen LogP contribution in [0.1, 0.15) is 34.6 Å². The maximum absolute atomic E-state index is 12.7. The molecule has 140 valence electrons. The number of thiophene rings is 1. The first-order valence-electron chi connectivity index (χ1n) is 8.93. The fraction of sp³-hybridized carbons (Fsp3) is 0.450. The number of ether oxygens (including phenoxy) is 1. The first-order chi connectivity index (χ1) is 12.4. The number of aryl methyl sites for hydroxylation is 1. The van der Waals surface area contributed by atoms with Crippen molar-refractivity contribution < 1.29 is 14.6 Å². The van der Waals surface area contributed by atoms with Gasteiger partial charge in [0.2, 0.25) is 0 Å². The lowest BCUT2D eigenvalue weighted by atomic mass is 10.2. The molecular formula is C20H26N2O3S. The number of rotatable bonds is 6. The van der Waals surface area contributed by atoms with Crippen LogP contribution in [0.4, 0.5) is 5.69 Å². The molecule has 0 saturated carbocycles. The lowest BCUT2D eigenvalue weighted by Gasteiger charge is -2.18. The number of hydrogen-bond donors (Lipinski definition) is 2. The Morgan fingerprint density at radius 3 is 2.65 bits per heavy atom. The number of amides is 1. The molecule has 1 aliphatic rings. The summed E-state index contributed by atoms with van der Waals surface area (Å²) in [6.45, 7) is 7.49. The largest absolute Gasteiger partial charge is 0.388 e. The van der Waals surface area contributed by atoms with Gasteiger partial charge in [-0.25, -0.2) is 0 Å². The van der Waals surface area contributed by atoms with Crippen molar-refractivity contribution >= 4 is 22.9 Å². The number of aliphatic hydroxyl groups excluding tert-OH is 1. The summed E-state index contributed by atoms with van der Waals surface area (Å²) in [6.07, 6.45) is -0.910. The van der Waals surface area contributed by atoms with Crippen molar-refractivity contribution in [3.63, 3.8) is 0 Å². The maximum atomic E-state index is 12.7. The summed E-state index contributed by atoms with van der Waals surface area (Å²) in [7, 11) is 0. The minimum Gasteiger partial charge on any atom is -0.388 e. The monoisotopic (exact) mass is 374 g/mol. The fourth-order valence-electron chi connectivity index (χ4n) is 3.09. The van der Waals surface area contributed by atoms with E-state index in [-0.39, 0.29) is 18.1 Å². The molecule has 2 atom stereocenters. The van der Waals surface area contributed by atoms with Crippen LogP contribution >= 0.6 is 11.3 Å². The molecule has 1 saturated heterocycles. The Morgan fingerprint density at radius 1 is 1.31 bits per heavy atom. The van der Waals surface area contributed by atoms with E-state index in [0.717, 1.165) is 12.2 Å². The molecule has 0 unspecified atom stereocenters. The van der Waals surface area contributed by atoms with E-state index in [1.54, 1.807) is 16.2 Å². The Morgan fingerprint density at radius 2 is 2.04 bits per heavy atom. The van der Waals surface area contributed by atoms with Gasteiger partial charge in [-0.05, 0) is 62.0 Å². The van der Waals surface area contributed by atoms with Crippen molar-refractivity contribution in [2.24, 2.45) is 0 Å². The van der Waals surface area contributed by atoms with Gasteiger partial charge in [-0.15, -0.1) is 11.3 Å². The molecule has 6 heteroatoms. The van der Waals surface area contributed by atoms with Gasteiger partial charge < -0.3 is 20.1 Å². The number of likely N-dealkylation sites (tertiary alicyclic amines) is 1. The van der Waals surface area contributed by atoms with Crippen molar-refractivity contribution in [3.05, 3.63) is 51.7 Å². The zero-order valence-corrected chi connectivity index (χ0v) is 16.3. The molecule has 2 aromatic rings. The molecule has 0 spiro atoms. The predicted octanol–water partition coefficient (Wildman–Crippen LogP) is 3.28. The molecular weight excluding hydrogens is 348 g/mol. The van der Waals surface area contributed by atoms with Crippen LogP contribution in [-0.2, 0) is 11.3 Å². The lowest BCUT2D eigenvalue weighted by molar-refractivity contribution is -0.0394. The quantitative estimate of drug-likeness (QED) is 0.815. The molecule has 1 aromatic heterocycles.